The van der Waals surface area contributed by atoms with Crippen molar-refractivity contribution in [3.05, 3.63) is 95.6 Å². The number of amides is 2. The number of anilines is 2. The molecule has 0 heterocycles. The first-order valence-electron chi connectivity index (χ1n) is 9.51. The Bertz CT molecular complexity index is 969. The SMILES string of the molecule is Cc1ccc(NCC(=O)Nc2cccc(C(=O)N(C)Cc3ccccc3)c2)cc1. The van der Waals surface area contributed by atoms with E-state index in [4.69, 9.17) is 0 Å². The smallest absolute Gasteiger partial charge is 0.253 e. The van der Waals surface area contributed by atoms with Gasteiger partial charge in [-0.1, -0.05) is 54.1 Å². The highest BCUT2D eigenvalue weighted by Gasteiger charge is 2.13. The molecule has 3 aromatic carbocycles. The van der Waals surface area contributed by atoms with Gasteiger partial charge in [-0.2, -0.15) is 0 Å². The van der Waals surface area contributed by atoms with Crippen molar-refractivity contribution in [2.24, 2.45) is 0 Å². The first-order valence-corrected chi connectivity index (χ1v) is 9.51. The molecule has 5 heteroatoms. The van der Waals surface area contributed by atoms with Crippen LogP contribution in [-0.4, -0.2) is 30.3 Å². The van der Waals surface area contributed by atoms with Crippen LogP contribution in [0.4, 0.5) is 11.4 Å². The number of hydrogen-bond donors (Lipinski definition) is 2. The summed E-state index contributed by atoms with van der Waals surface area (Å²) in [5, 5.41) is 5.92. The topological polar surface area (TPSA) is 61.4 Å². The molecule has 2 N–H and O–H groups in total. The summed E-state index contributed by atoms with van der Waals surface area (Å²) in [5.74, 6) is -0.268. The highest BCUT2D eigenvalue weighted by molar-refractivity contribution is 5.98. The van der Waals surface area contributed by atoms with Crippen LogP contribution in [0.25, 0.3) is 0 Å². The molecule has 3 rings (SSSR count). The van der Waals surface area contributed by atoms with Crippen LogP contribution in [0.2, 0.25) is 0 Å². The van der Waals surface area contributed by atoms with Gasteiger partial charge in [0.15, 0.2) is 0 Å². The number of carbonyl (C=O) groups is 2. The lowest BCUT2D eigenvalue weighted by molar-refractivity contribution is -0.114. The molecule has 0 bridgehead atoms. The second-order valence-corrected chi connectivity index (χ2v) is 7.00. The zero-order valence-corrected chi connectivity index (χ0v) is 16.7. The number of nitrogens with zero attached hydrogens (tertiary/aromatic N) is 1. The third-order valence-electron chi connectivity index (χ3n) is 4.51. The summed E-state index contributed by atoms with van der Waals surface area (Å²) < 4.78 is 0. The zero-order chi connectivity index (χ0) is 20.6. The molecular weight excluding hydrogens is 362 g/mol. The van der Waals surface area contributed by atoms with Crippen LogP contribution in [-0.2, 0) is 11.3 Å². The van der Waals surface area contributed by atoms with Crippen molar-refractivity contribution in [3.63, 3.8) is 0 Å². The van der Waals surface area contributed by atoms with Gasteiger partial charge in [-0.25, -0.2) is 0 Å². The second kappa shape index (κ2) is 9.55. The third-order valence-corrected chi connectivity index (χ3v) is 4.51. The van der Waals surface area contributed by atoms with Crippen LogP contribution in [0.5, 0.6) is 0 Å². The molecule has 148 valence electrons. The van der Waals surface area contributed by atoms with E-state index in [9.17, 15) is 9.59 Å². The van der Waals surface area contributed by atoms with E-state index >= 15 is 0 Å². The maximum Gasteiger partial charge on any atom is 0.253 e. The molecule has 0 unspecified atom stereocenters. The van der Waals surface area contributed by atoms with E-state index in [-0.39, 0.29) is 18.4 Å². The Hall–Kier alpha value is -3.60. The minimum absolute atomic E-state index is 0.0947. The molecule has 0 radical (unpaired) electrons. The molecule has 0 aromatic heterocycles. The van der Waals surface area contributed by atoms with Gasteiger partial charge in [0.05, 0.1) is 6.54 Å². The number of hydrogen-bond acceptors (Lipinski definition) is 3. The van der Waals surface area contributed by atoms with Crippen LogP contribution in [0.15, 0.2) is 78.9 Å². The quantitative estimate of drug-likeness (QED) is 0.635. The molecule has 0 atom stereocenters. The minimum atomic E-state index is -0.173. The molecule has 0 aliphatic carbocycles. The van der Waals surface area contributed by atoms with E-state index < -0.39 is 0 Å². The Morgan fingerprint density at radius 1 is 0.862 bits per heavy atom. The summed E-state index contributed by atoms with van der Waals surface area (Å²) in [6.07, 6.45) is 0. The van der Waals surface area contributed by atoms with Crippen molar-refractivity contribution in [1.29, 1.82) is 0 Å². The summed E-state index contributed by atoms with van der Waals surface area (Å²) in [7, 11) is 1.77. The normalized spacial score (nSPS) is 10.3. The Morgan fingerprint density at radius 2 is 1.59 bits per heavy atom. The Morgan fingerprint density at radius 3 is 2.31 bits per heavy atom. The monoisotopic (exact) mass is 387 g/mol. The number of nitrogens with one attached hydrogen (secondary N) is 2. The van der Waals surface area contributed by atoms with E-state index in [0.717, 1.165) is 11.3 Å². The van der Waals surface area contributed by atoms with Gasteiger partial charge < -0.3 is 15.5 Å². The summed E-state index contributed by atoms with van der Waals surface area (Å²) >= 11 is 0. The van der Waals surface area contributed by atoms with Crippen molar-refractivity contribution >= 4 is 23.2 Å². The first-order chi connectivity index (χ1) is 14.0. The number of rotatable bonds is 7. The molecule has 0 aliphatic rings. The van der Waals surface area contributed by atoms with E-state index in [1.165, 1.54) is 5.56 Å². The predicted molar refractivity (Wildman–Crippen MR) is 117 cm³/mol. The molecule has 0 saturated carbocycles. The van der Waals surface area contributed by atoms with Crippen LogP contribution >= 0.6 is 0 Å². The predicted octanol–water partition coefficient (Wildman–Crippen LogP) is 4.32. The first kappa shape index (κ1) is 20.1. The Labute approximate surface area is 171 Å². The number of carbonyl (C=O) groups excluding carboxylic acids is 2. The van der Waals surface area contributed by atoms with Gasteiger partial charge in [-0.05, 0) is 42.8 Å². The number of benzene rings is 3. The summed E-state index contributed by atoms with van der Waals surface area (Å²) in [6.45, 7) is 2.69. The van der Waals surface area contributed by atoms with Gasteiger partial charge in [0, 0.05) is 30.5 Å². The van der Waals surface area contributed by atoms with E-state index in [1.54, 1.807) is 36.2 Å². The van der Waals surface area contributed by atoms with Crippen molar-refractivity contribution in [1.82, 2.24) is 4.90 Å². The van der Waals surface area contributed by atoms with Crippen molar-refractivity contribution in [2.75, 3.05) is 24.2 Å². The van der Waals surface area contributed by atoms with E-state index in [2.05, 4.69) is 10.6 Å². The molecule has 2 amide bonds. The lowest BCUT2D eigenvalue weighted by Crippen LogP contribution is -2.26. The van der Waals surface area contributed by atoms with Crippen molar-refractivity contribution < 1.29 is 9.59 Å². The zero-order valence-electron chi connectivity index (χ0n) is 16.7. The van der Waals surface area contributed by atoms with Gasteiger partial charge >= 0.3 is 0 Å². The molecule has 29 heavy (non-hydrogen) atoms. The van der Waals surface area contributed by atoms with Crippen LogP contribution in [0, 0.1) is 6.92 Å². The molecule has 0 fully saturated rings. The molecule has 0 aliphatic heterocycles. The molecule has 3 aromatic rings. The van der Waals surface area contributed by atoms with Crippen LogP contribution < -0.4 is 10.6 Å². The molecular formula is C24H25N3O2. The van der Waals surface area contributed by atoms with Gasteiger partial charge in [0.2, 0.25) is 5.91 Å². The van der Waals surface area contributed by atoms with Crippen molar-refractivity contribution in [3.8, 4) is 0 Å². The number of aryl methyl sites for hydroxylation is 1. The maximum absolute atomic E-state index is 12.7. The van der Waals surface area contributed by atoms with Gasteiger partial charge in [0.1, 0.15) is 0 Å². The second-order valence-electron chi connectivity index (χ2n) is 7.00. The minimum Gasteiger partial charge on any atom is -0.376 e. The van der Waals surface area contributed by atoms with E-state index in [1.807, 2.05) is 61.5 Å². The lowest BCUT2D eigenvalue weighted by Gasteiger charge is -2.18. The van der Waals surface area contributed by atoms with Crippen molar-refractivity contribution in [2.45, 2.75) is 13.5 Å². The summed E-state index contributed by atoms with van der Waals surface area (Å²) in [5.41, 5.74) is 4.25. The Balaban J connectivity index is 1.57. The van der Waals surface area contributed by atoms with Gasteiger partial charge in [-0.15, -0.1) is 0 Å². The van der Waals surface area contributed by atoms with Crippen LogP contribution in [0.1, 0.15) is 21.5 Å². The van der Waals surface area contributed by atoms with E-state index in [0.29, 0.717) is 17.8 Å². The molecule has 0 saturated heterocycles. The highest BCUT2D eigenvalue weighted by Crippen LogP contribution is 2.14. The fourth-order valence-electron chi connectivity index (χ4n) is 2.94. The average Bonchev–Trinajstić information content (AvgIpc) is 2.73. The highest BCUT2D eigenvalue weighted by atomic mass is 16.2. The van der Waals surface area contributed by atoms with Gasteiger partial charge in [0.25, 0.3) is 5.91 Å². The average molecular weight is 387 g/mol. The fraction of sp³-hybridized carbons (Fsp3) is 0.167. The maximum atomic E-state index is 12.7. The summed E-state index contributed by atoms with van der Waals surface area (Å²) in [4.78, 5) is 26.6. The third kappa shape index (κ3) is 5.94. The standard InChI is InChI=1S/C24H25N3O2/c1-18-11-13-21(14-12-18)25-16-23(28)26-22-10-6-9-20(15-22)24(29)27(2)17-19-7-4-3-5-8-19/h3-15,25H,16-17H2,1-2H3,(H,26,28). The lowest BCUT2D eigenvalue weighted by atomic mass is 10.1. The Kier molecular flexibility index (Phi) is 6.63. The fourth-order valence-corrected chi connectivity index (χ4v) is 2.94. The molecule has 0 spiro atoms. The van der Waals surface area contributed by atoms with Crippen LogP contribution in [0.3, 0.4) is 0 Å². The largest absolute Gasteiger partial charge is 0.376 e. The molecule has 5 nitrogen and oxygen atoms in total. The summed E-state index contributed by atoms with van der Waals surface area (Å²) in [6, 6.07) is 24.7. The van der Waals surface area contributed by atoms with Gasteiger partial charge in [-0.3, -0.25) is 9.59 Å².